The lowest BCUT2D eigenvalue weighted by Crippen LogP contribution is -2.30. The molecule has 22 heavy (non-hydrogen) atoms. The van der Waals surface area contributed by atoms with E-state index in [-0.39, 0.29) is 0 Å². The smallest absolute Gasteiger partial charge is 0.253 e. The Kier molecular flexibility index (Phi) is 4.34. The number of rotatable bonds is 6. The van der Waals surface area contributed by atoms with E-state index in [0.717, 1.165) is 18.4 Å². The number of aryl methyl sites for hydroxylation is 1. The molecule has 0 spiro atoms. The van der Waals surface area contributed by atoms with Gasteiger partial charge in [0.25, 0.3) is 5.91 Å². The predicted octanol–water partition coefficient (Wildman–Crippen LogP) is 0.453. The van der Waals surface area contributed by atoms with Crippen molar-refractivity contribution < 1.29 is 14.6 Å². The molecule has 0 radical (unpaired) electrons. The number of ether oxygens (including phenoxy) is 1. The number of amides is 1. The molecule has 0 saturated carbocycles. The van der Waals surface area contributed by atoms with Crippen LogP contribution >= 0.6 is 0 Å². The number of aromatic nitrogens is 3. The number of hydrogen-bond donors (Lipinski definition) is 2. The van der Waals surface area contributed by atoms with Gasteiger partial charge in [-0.1, -0.05) is 18.2 Å². The Morgan fingerprint density at radius 1 is 1.41 bits per heavy atom. The molecule has 1 aliphatic heterocycles. The Balaban J connectivity index is 1.53. The van der Waals surface area contributed by atoms with E-state index in [1.54, 1.807) is 18.7 Å². The SMILES string of the molecule is O=C(NCCCn1cnnc1)C(O)c1cccc2c1OCC2. The number of fused-ring (bicyclic) bond motifs is 1. The molecule has 3 rings (SSSR count). The Morgan fingerprint density at radius 3 is 3.05 bits per heavy atom. The molecule has 0 aliphatic carbocycles. The van der Waals surface area contributed by atoms with Crippen LogP contribution in [0.25, 0.3) is 0 Å². The molecule has 0 fully saturated rings. The van der Waals surface area contributed by atoms with E-state index in [2.05, 4.69) is 15.5 Å². The molecule has 7 nitrogen and oxygen atoms in total. The second kappa shape index (κ2) is 6.57. The summed E-state index contributed by atoms with van der Waals surface area (Å²) in [6.45, 7) is 1.79. The Hall–Kier alpha value is -2.41. The maximum atomic E-state index is 12.1. The van der Waals surface area contributed by atoms with Gasteiger partial charge in [0.2, 0.25) is 0 Å². The second-order valence-corrected chi connectivity index (χ2v) is 5.18. The van der Waals surface area contributed by atoms with Gasteiger partial charge >= 0.3 is 0 Å². The van der Waals surface area contributed by atoms with Crippen LogP contribution in [0.2, 0.25) is 0 Å². The van der Waals surface area contributed by atoms with Gasteiger partial charge in [-0.25, -0.2) is 0 Å². The molecule has 2 N–H and O–H groups in total. The minimum absolute atomic E-state index is 0.410. The molecule has 0 saturated heterocycles. The third-order valence-electron chi connectivity index (χ3n) is 3.65. The van der Waals surface area contributed by atoms with Gasteiger partial charge < -0.3 is 19.7 Å². The van der Waals surface area contributed by atoms with Crippen LogP contribution < -0.4 is 10.1 Å². The Morgan fingerprint density at radius 2 is 2.23 bits per heavy atom. The number of nitrogens with zero attached hydrogens (tertiary/aromatic N) is 3. The van der Waals surface area contributed by atoms with Gasteiger partial charge in [0, 0.05) is 25.1 Å². The number of aliphatic hydroxyl groups is 1. The molecule has 1 aromatic carbocycles. The lowest BCUT2D eigenvalue weighted by atomic mass is 10.0. The molecule has 1 unspecified atom stereocenters. The first-order chi connectivity index (χ1) is 10.8. The first kappa shape index (κ1) is 14.5. The molecule has 2 heterocycles. The molecule has 1 aromatic heterocycles. The highest BCUT2D eigenvalue weighted by Crippen LogP contribution is 2.33. The average molecular weight is 302 g/mol. The number of nitrogens with one attached hydrogen (secondary N) is 1. The van der Waals surface area contributed by atoms with Gasteiger partial charge in [0.1, 0.15) is 18.4 Å². The van der Waals surface area contributed by atoms with E-state index in [1.807, 2.05) is 16.7 Å². The van der Waals surface area contributed by atoms with Gasteiger partial charge in [-0.2, -0.15) is 0 Å². The second-order valence-electron chi connectivity index (χ2n) is 5.18. The number of para-hydroxylation sites is 1. The van der Waals surface area contributed by atoms with Crippen molar-refractivity contribution in [2.24, 2.45) is 0 Å². The van der Waals surface area contributed by atoms with Crippen molar-refractivity contribution in [3.8, 4) is 5.75 Å². The van der Waals surface area contributed by atoms with Crippen molar-refractivity contribution in [2.75, 3.05) is 13.2 Å². The summed E-state index contributed by atoms with van der Waals surface area (Å²) in [6.07, 6.45) is 3.60. The van der Waals surface area contributed by atoms with Gasteiger partial charge in [0.15, 0.2) is 6.10 Å². The van der Waals surface area contributed by atoms with E-state index < -0.39 is 12.0 Å². The summed E-state index contributed by atoms with van der Waals surface area (Å²) < 4.78 is 7.35. The molecule has 1 atom stereocenters. The Bertz CT molecular complexity index is 642. The monoisotopic (exact) mass is 302 g/mol. The Labute approximate surface area is 127 Å². The minimum Gasteiger partial charge on any atom is -0.493 e. The minimum atomic E-state index is -1.21. The summed E-state index contributed by atoms with van der Waals surface area (Å²) in [6, 6.07) is 5.52. The highest BCUT2D eigenvalue weighted by molar-refractivity contribution is 5.83. The van der Waals surface area contributed by atoms with Crippen molar-refractivity contribution in [3.05, 3.63) is 42.0 Å². The molecular weight excluding hydrogens is 284 g/mol. The topological polar surface area (TPSA) is 89.3 Å². The zero-order valence-corrected chi connectivity index (χ0v) is 12.1. The average Bonchev–Trinajstić information content (AvgIpc) is 3.21. The van der Waals surface area contributed by atoms with Crippen molar-refractivity contribution in [1.82, 2.24) is 20.1 Å². The third-order valence-corrected chi connectivity index (χ3v) is 3.65. The number of aliphatic hydroxyl groups excluding tert-OH is 1. The maximum Gasteiger partial charge on any atom is 0.253 e. The quantitative estimate of drug-likeness (QED) is 0.756. The first-order valence-corrected chi connectivity index (χ1v) is 7.28. The highest BCUT2D eigenvalue weighted by Gasteiger charge is 2.25. The summed E-state index contributed by atoms with van der Waals surface area (Å²) in [5.74, 6) is 0.238. The van der Waals surface area contributed by atoms with Crippen LogP contribution in [0.4, 0.5) is 0 Å². The molecule has 2 aromatic rings. The zero-order valence-electron chi connectivity index (χ0n) is 12.1. The van der Waals surface area contributed by atoms with E-state index in [9.17, 15) is 9.90 Å². The summed E-state index contributed by atoms with van der Waals surface area (Å²) in [7, 11) is 0. The van der Waals surface area contributed by atoms with Crippen LogP contribution in [0.15, 0.2) is 30.9 Å². The van der Waals surface area contributed by atoms with E-state index >= 15 is 0 Å². The lowest BCUT2D eigenvalue weighted by molar-refractivity contribution is -0.129. The van der Waals surface area contributed by atoms with Crippen LogP contribution in [0.5, 0.6) is 5.75 Å². The lowest BCUT2D eigenvalue weighted by Gasteiger charge is -2.14. The molecule has 116 valence electrons. The van der Waals surface area contributed by atoms with E-state index in [0.29, 0.717) is 31.0 Å². The van der Waals surface area contributed by atoms with Crippen molar-refractivity contribution in [2.45, 2.75) is 25.5 Å². The normalized spacial score (nSPS) is 14.2. The van der Waals surface area contributed by atoms with Gasteiger partial charge in [-0.15, -0.1) is 10.2 Å². The fourth-order valence-corrected chi connectivity index (χ4v) is 2.50. The summed E-state index contributed by atoms with van der Waals surface area (Å²) in [5, 5.41) is 20.4. The van der Waals surface area contributed by atoms with Crippen LogP contribution in [0.3, 0.4) is 0 Å². The fourth-order valence-electron chi connectivity index (χ4n) is 2.50. The molecule has 0 bridgehead atoms. The van der Waals surface area contributed by atoms with Gasteiger partial charge in [-0.3, -0.25) is 4.79 Å². The van der Waals surface area contributed by atoms with Crippen molar-refractivity contribution in [1.29, 1.82) is 0 Å². The summed E-state index contributed by atoms with van der Waals surface area (Å²) >= 11 is 0. The molecule has 7 heteroatoms. The summed E-state index contributed by atoms with van der Waals surface area (Å²) in [5.41, 5.74) is 1.57. The number of carbonyl (C=O) groups excluding carboxylic acids is 1. The molecule has 1 aliphatic rings. The standard InChI is InChI=1S/C15H18N4O3/c20-13(12-4-1-3-11-5-8-22-14(11)12)15(21)16-6-2-7-19-9-17-18-10-19/h1,3-4,9-10,13,20H,2,5-8H2,(H,16,21). The van der Waals surface area contributed by atoms with Crippen LogP contribution in [-0.4, -0.2) is 38.9 Å². The van der Waals surface area contributed by atoms with Crippen LogP contribution in [0, 0.1) is 0 Å². The largest absolute Gasteiger partial charge is 0.493 e. The molecule has 1 amide bonds. The summed E-state index contributed by atoms with van der Waals surface area (Å²) in [4.78, 5) is 12.1. The van der Waals surface area contributed by atoms with Crippen LogP contribution in [0.1, 0.15) is 23.7 Å². The van der Waals surface area contributed by atoms with E-state index in [4.69, 9.17) is 4.74 Å². The first-order valence-electron chi connectivity index (χ1n) is 7.28. The fraction of sp³-hybridized carbons (Fsp3) is 0.400. The highest BCUT2D eigenvalue weighted by atomic mass is 16.5. The molecular formula is C15H18N4O3. The van der Waals surface area contributed by atoms with Crippen LogP contribution in [-0.2, 0) is 17.8 Å². The third kappa shape index (κ3) is 3.09. The van der Waals surface area contributed by atoms with Crippen molar-refractivity contribution >= 4 is 5.91 Å². The number of benzene rings is 1. The number of hydrogen-bond acceptors (Lipinski definition) is 5. The van der Waals surface area contributed by atoms with Gasteiger partial charge in [0.05, 0.1) is 6.61 Å². The maximum absolute atomic E-state index is 12.1. The predicted molar refractivity (Wildman–Crippen MR) is 78.2 cm³/mol. The van der Waals surface area contributed by atoms with Crippen molar-refractivity contribution in [3.63, 3.8) is 0 Å². The number of carbonyl (C=O) groups is 1. The van der Waals surface area contributed by atoms with E-state index in [1.165, 1.54) is 0 Å². The van der Waals surface area contributed by atoms with Gasteiger partial charge in [-0.05, 0) is 12.0 Å². The zero-order chi connectivity index (χ0) is 15.4.